The Bertz CT molecular complexity index is 434. The van der Waals surface area contributed by atoms with Crippen molar-refractivity contribution in [2.45, 2.75) is 39.5 Å². The molecule has 3 nitrogen and oxygen atoms in total. The van der Waals surface area contributed by atoms with E-state index in [9.17, 15) is 4.79 Å². The van der Waals surface area contributed by atoms with Gasteiger partial charge in [0.15, 0.2) is 0 Å². The van der Waals surface area contributed by atoms with Crippen molar-refractivity contribution in [1.82, 2.24) is 4.90 Å². The smallest absolute Gasteiger partial charge is 0.253 e. The molecule has 1 aliphatic heterocycles. The summed E-state index contributed by atoms with van der Waals surface area (Å²) in [4.78, 5) is 14.5. The summed E-state index contributed by atoms with van der Waals surface area (Å²) < 4.78 is 0. The lowest BCUT2D eigenvalue weighted by molar-refractivity contribution is 0.0761. The van der Waals surface area contributed by atoms with Gasteiger partial charge in [0, 0.05) is 30.9 Å². The van der Waals surface area contributed by atoms with Crippen LogP contribution in [0.25, 0.3) is 0 Å². The van der Waals surface area contributed by atoms with Crippen molar-refractivity contribution in [3.8, 4) is 0 Å². The van der Waals surface area contributed by atoms with E-state index in [4.69, 9.17) is 0 Å². The number of benzene rings is 1. The van der Waals surface area contributed by atoms with Crippen molar-refractivity contribution in [2.24, 2.45) is 0 Å². The van der Waals surface area contributed by atoms with E-state index in [0.717, 1.165) is 49.3 Å². The van der Waals surface area contributed by atoms with Gasteiger partial charge in [-0.1, -0.05) is 12.8 Å². The van der Waals surface area contributed by atoms with E-state index in [2.05, 4.69) is 19.2 Å². The molecule has 1 amide bonds. The van der Waals surface area contributed by atoms with Gasteiger partial charge in [-0.2, -0.15) is 0 Å². The molecule has 0 atom stereocenters. The maximum atomic E-state index is 12.5. The van der Waals surface area contributed by atoms with Crippen molar-refractivity contribution < 1.29 is 4.79 Å². The molecule has 19 heavy (non-hydrogen) atoms. The summed E-state index contributed by atoms with van der Waals surface area (Å²) in [6, 6.07) is 5.97. The zero-order valence-corrected chi connectivity index (χ0v) is 12.0. The minimum Gasteiger partial charge on any atom is -0.385 e. The quantitative estimate of drug-likeness (QED) is 0.903. The van der Waals surface area contributed by atoms with Crippen LogP contribution in [0.1, 0.15) is 48.5 Å². The number of hydrogen-bond acceptors (Lipinski definition) is 2. The number of likely N-dealkylation sites (tertiary alicyclic amines) is 1. The highest BCUT2D eigenvalue weighted by atomic mass is 16.2. The number of rotatable bonds is 3. The number of anilines is 1. The Balaban J connectivity index is 2.12. The highest BCUT2D eigenvalue weighted by molar-refractivity contribution is 5.95. The minimum atomic E-state index is 0.188. The molecule has 1 N–H and O–H groups in total. The van der Waals surface area contributed by atoms with Crippen LogP contribution in [0.2, 0.25) is 0 Å². The van der Waals surface area contributed by atoms with Crippen molar-refractivity contribution in [3.05, 3.63) is 29.3 Å². The molecule has 0 spiro atoms. The first kappa shape index (κ1) is 13.9. The maximum Gasteiger partial charge on any atom is 0.253 e. The molecule has 0 radical (unpaired) electrons. The van der Waals surface area contributed by atoms with Crippen LogP contribution in [-0.2, 0) is 0 Å². The van der Waals surface area contributed by atoms with Gasteiger partial charge in [0.25, 0.3) is 5.91 Å². The van der Waals surface area contributed by atoms with Gasteiger partial charge < -0.3 is 10.2 Å². The summed E-state index contributed by atoms with van der Waals surface area (Å²) >= 11 is 0. The minimum absolute atomic E-state index is 0.188. The summed E-state index contributed by atoms with van der Waals surface area (Å²) in [5.74, 6) is 0.188. The van der Waals surface area contributed by atoms with Gasteiger partial charge in [-0.15, -0.1) is 0 Å². The van der Waals surface area contributed by atoms with Crippen molar-refractivity contribution in [2.75, 3.05) is 25.0 Å². The van der Waals surface area contributed by atoms with Gasteiger partial charge in [-0.25, -0.2) is 0 Å². The molecule has 1 aromatic carbocycles. The Hall–Kier alpha value is -1.51. The van der Waals surface area contributed by atoms with Gasteiger partial charge in [-0.3, -0.25) is 4.79 Å². The number of carbonyl (C=O) groups is 1. The first-order chi connectivity index (χ1) is 9.22. The van der Waals surface area contributed by atoms with Crippen LogP contribution in [0.4, 0.5) is 5.69 Å². The Kier molecular flexibility index (Phi) is 4.83. The summed E-state index contributed by atoms with van der Waals surface area (Å²) in [5, 5.41) is 3.31. The molecule has 1 aromatic rings. The van der Waals surface area contributed by atoms with E-state index in [1.165, 1.54) is 12.8 Å². The van der Waals surface area contributed by atoms with E-state index < -0.39 is 0 Å². The van der Waals surface area contributed by atoms with E-state index in [-0.39, 0.29) is 5.91 Å². The molecule has 1 fully saturated rings. The molecule has 0 bridgehead atoms. The van der Waals surface area contributed by atoms with Crippen molar-refractivity contribution in [1.29, 1.82) is 0 Å². The highest BCUT2D eigenvalue weighted by Crippen LogP contribution is 2.19. The van der Waals surface area contributed by atoms with Crippen LogP contribution < -0.4 is 5.32 Å². The zero-order valence-electron chi connectivity index (χ0n) is 12.0. The van der Waals surface area contributed by atoms with Crippen LogP contribution >= 0.6 is 0 Å². The Labute approximate surface area is 116 Å². The van der Waals surface area contributed by atoms with Gasteiger partial charge in [0.2, 0.25) is 0 Å². The second-order valence-electron chi connectivity index (χ2n) is 5.27. The molecule has 0 unspecified atom stereocenters. The fraction of sp³-hybridized carbons (Fsp3) is 0.562. The summed E-state index contributed by atoms with van der Waals surface area (Å²) in [7, 11) is 0. The number of amides is 1. The van der Waals surface area contributed by atoms with E-state index >= 15 is 0 Å². The van der Waals surface area contributed by atoms with Gasteiger partial charge in [0.05, 0.1) is 0 Å². The second kappa shape index (κ2) is 6.60. The molecule has 2 rings (SSSR count). The van der Waals surface area contributed by atoms with Gasteiger partial charge >= 0.3 is 0 Å². The first-order valence-corrected chi connectivity index (χ1v) is 7.36. The lowest BCUT2D eigenvalue weighted by atomic mass is 10.1. The van der Waals surface area contributed by atoms with Crippen LogP contribution in [0.5, 0.6) is 0 Å². The summed E-state index contributed by atoms with van der Waals surface area (Å²) in [6.45, 7) is 6.85. The molecule has 0 saturated carbocycles. The number of nitrogens with zero attached hydrogens (tertiary/aromatic N) is 1. The number of nitrogens with one attached hydrogen (secondary N) is 1. The number of hydrogen-bond donors (Lipinski definition) is 1. The second-order valence-corrected chi connectivity index (χ2v) is 5.27. The molecular formula is C16H24N2O. The largest absolute Gasteiger partial charge is 0.385 e. The lowest BCUT2D eigenvalue weighted by Gasteiger charge is -2.21. The van der Waals surface area contributed by atoms with Crippen molar-refractivity contribution >= 4 is 11.6 Å². The summed E-state index contributed by atoms with van der Waals surface area (Å²) in [6.07, 6.45) is 4.78. The fourth-order valence-electron chi connectivity index (χ4n) is 2.64. The first-order valence-electron chi connectivity index (χ1n) is 7.36. The molecular weight excluding hydrogens is 236 g/mol. The number of carbonyl (C=O) groups excluding carboxylic acids is 1. The molecule has 1 heterocycles. The predicted molar refractivity (Wildman–Crippen MR) is 79.7 cm³/mol. The zero-order chi connectivity index (χ0) is 13.7. The standard InChI is InChI=1S/C16H24N2O/c1-3-17-15-9-8-14(12-13(15)2)16(19)18-10-6-4-5-7-11-18/h8-9,12,17H,3-7,10-11H2,1-2H3. The van der Waals surface area contributed by atoms with Crippen LogP contribution in [0.3, 0.4) is 0 Å². The van der Waals surface area contributed by atoms with Crippen LogP contribution in [0.15, 0.2) is 18.2 Å². The van der Waals surface area contributed by atoms with Crippen LogP contribution in [0, 0.1) is 6.92 Å². The Morgan fingerprint density at radius 1 is 1.21 bits per heavy atom. The van der Waals surface area contributed by atoms with Gasteiger partial charge in [0.1, 0.15) is 0 Å². The lowest BCUT2D eigenvalue weighted by Crippen LogP contribution is -2.31. The number of aryl methyl sites for hydroxylation is 1. The molecule has 0 aromatic heterocycles. The Morgan fingerprint density at radius 3 is 2.47 bits per heavy atom. The predicted octanol–water partition coefficient (Wildman–Crippen LogP) is 3.44. The monoisotopic (exact) mass is 260 g/mol. The van der Waals surface area contributed by atoms with Crippen LogP contribution in [-0.4, -0.2) is 30.4 Å². The van der Waals surface area contributed by atoms with E-state index in [0.29, 0.717) is 0 Å². The highest BCUT2D eigenvalue weighted by Gasteiger charge is 2.17. The molecule has 0 aliphatic carbocycles. The average Bonchev–Trinajstić information content (AvgIpc) is 2.69. The fourth-order valence-corrected chi connectivity index (χ4v) is 2.64. The average molecular weight is 260 g/mol. The topological polar surface area (TPSA) is 32.3 Å². The Morgan fingerprint density at radius 2 is 1.89 bits per heavy atom. The third-order valence-corrected chi connectivity index (χ3v) is 3.73. The third-order valence-electron chi connectivity index (χ3n) is 3.73. The van der Waals surface area contributed by atoms with Gasteiger partial charge in [-0.05, 0) is 50.5 Å². The third kappa shape index (κ3) is 3.49. The summed E-state index contributed by atoms with van der Waals surface area (Å²) in [5.41, 5.74) is 3.08. The van der Waals surface area contributed by atoms with E-state index in [1.54, 1.807) is 0 Å². The van der Waals surface area contributed by atoms with Crippen molar-refractivity contribution in [3.63, 3.8) is 0 Å². The molecule has 1 aliphatic rings. The SMILES string of the molecule is CCNc1ccc(C(=O)N2CCCCCC2)cc1C. The molecule has 104 valence electrons. The maximum absolute atomic E-state index is 12.5. The van der Waals surface area contributed by atoms with E-state index in [1.807, 2.05) is 23.1 Å². The molecule has 1 saturated heterocycles. The molecule has 3 heteroatoms. The normalized spacial score (nSPS) is 16.0.